The Hall–Kier alpha value is -2.96. The molecule has 0 aliphatic rings. The van der Waals surface area contributed by atoms with Crippen LogP contribution < -0.4 is 14.8 Å². The van der Waals surface area contributed by atoms with Gasteiger partial charge in [0.15, 0.2) is 18.1 Å². The van der Waals surface area contributed by atoms with Crippen molar-refractivity contribution in [3.8, 4) is 11.5 Å². The minimum absolute atomic E-state index is 0.236. The van der Waals surface area contributed by atoms with Crippen molar-refractivity contribution in [3.63, 3.8) is 0 Å². The summed E-state index contributed by atoms with van der Waals surface area (Å²) in [5, 5.41) is 2.61. The highest BCUT2D eigenvalue weighted by molar-refractivity contribution is 5.92. The minimum Gasteiger partial charge on any atom is -0.490 e. The lowest BCUT2D eigenvalue weighted by Crippen LogP contribution is -2.28. The summed E-state index contributed by atoms with van der Waals surface area (Å²) in [7, 11) is 0. The van der Waals surface area contributed by atoms with Gasteiger partial charge in [0.1, 0.15) is 5.76 Å². The predicted octanol–water partition coefficient (Wildman–Crippen LogP) is 3.19. The number of hydrogen-bond acceptors (Lipinski definition) is 6. The van der Waals surface area contributed by atoms with Gasteiger partial charge in [0.2, 0.25) is 0 Å². The Morgan fingerprint density at radius 1 is 1.15 bits per heavy atom. The summed E-state index contributed by atoms with van der Waals surface area (Å²) in [6.07, 6.45) is 1.52. The third-order valence-corrected chi connectivity index (χ3v) is 3.43. The summed E-state index contributed by atoms with van der Waals surface area (Å²) in [6, 6.07) is 8.28. The van der Waals surface area contributed by atoms with Gasteiger partial charge in [-0.15, -0.1) is 0 Å². The second-order valence-electron chi connectivity index (χ2n) is 6.23. The van der Waals surface area contributed by atoms with Crippen molar-refractivity contribution >= 4 is 11.9 Å². The van der Waals surface area contributed by atoms with Crippen LogP contribution in [-0.2, 0) is 16.1 Å². The first-order valence-electron chi connectivity index (χ1n) is 8.85. The smallest absolute Gasteiger partial charge is 0.338 e. The third-order valence-electron chi connectivity index (χ3n) is 3.43. The molecule has 0 aliphatic carbocycles. The fourth-order valence-corrected chi connectivity index (χ4v) is 2.14. The molecular formula is C20H25NO6. The van der Waals surface area contributed by atoms with Crippen LogP contribution >= 0.6 is 0 Å². The summed E-state index contributed by atoms with van der Waals surface area (Å²) in [5.74, 6) is 0.992. The molecule has 1 N–H and O–H groups in total. The van der Waals surface area contributed by atoms with Crippen molar-refractivity contribution < 1.29 is 28.2 Å². The van der Waals surface area contributed by atoms with Crippen molar-refractivity contribution in [3.05, 3.63) is 47.9 Å². The molecule has 2 rings (SSSR count). The quantitative estimate of drug-likeness (QED) is 0.642. The summed E-state index contributed by atoms with van der Waals surface area (Å²) in [6.45, 7) is 6.77. The minimum atomic E-state index is -0.612. The van der Waals surface area contributed by atoms with Crippen LogP contribution in [0.4, 0.5) is 0 Å². The zero-order chi connectivity index (χ0) is 19.6. The molecule has 0 bridgehead atoms. The maximum absolute atomic E-state index is 12.2. The second kappa shape index (κ2) is 10.3. The van der Waals surface area contributed by atoms with E-state index in [4.69, 9.17) is 18.6 Å². The van der Waals surface area contributed by atoms with Gasteiger partial charge in [-0.2, -0.15) is 0 Å². The van der Waals surface area contributed by atoms with Crippen molar-refractivity contribution in [2.75, 3.05) is 19.8 Å². The molecule has 0 saturated carbocycles. The van der Waals surface area contributed by atoms with Gasteiger partial charge in [0, 0.05) is 0 Å². The fourth-order valence-electron chi connectivity index (χ4n) is 2.14. The number of carbonyl (C=O) groups is 2. The first-order valence-corrected chi connectivity index (χ1v) is 8.85. The molecule has 7 nitrogen and oxygen atoms in total. The van der Waals surface area contributed by atoms with E-state index in [1.54, 1.807) is 30.3 Å². The highest BCUT2D eigenvalue weighted by Gasteiger charge is 2.15. The van der Waals surface area contributed by atoms with Crippen LogP contribution in [0.5, 0.6) is 11.5 Å². The Kier molecular flexibility index (Phi) is 7.73. The summed E-state index contributed by atoms with van der Waals surface area (Å²) in [5.41, 5.74) is 0.286. The van der Waals surface area contributed by atoms with Crippen LogP contribution in [0, 0.1) is 5.92 Å². The molecule has 1 heterocycles. The monoisotopic (exact) mass is 375 g/mol. The maximum atomic E-state index is 12.2. The molecule has 0 spiro atoms. The van der Waals surface area contributed by atoms with Gasteiger partial charge >= 0.3 is 5.97 Å². The molecule has 2 aromatic rings. The number of esters is 1. The van der Waals surface area contributed by atoms with E-state index in [9.17, 15) is 9.59 Å². The Balaban J connectivity index is 1.90. The number of ether oxygens (including phenoxy) is 3. The lowest BCUT2D eigenvalue weighted by molar-refractivity contribution is -0.124. The zero-order valence-electron chi connectivity index (χ0n) is 15.8. The molecule has 1 amide bonds. The Morgan fingerprint density at radius 2 is 1.96 bits per heavy atom. The predicted molar refractivity (Wildman–Crippen MR) is 98.8 cm³/mol. The fraction of sp³-hybridized carbons (Fsp3) is 0.400. The summed E-state index contributed by atoms with van der Waals surface area (Å²) in [4.78, 5) is 24.0. The molecule has 146 valence electrons. The molecule has 7 heteroatoms. The molecule has 1 aromatic heterocycles. The SMILES string of the molecule is CCOc1cc(C(=O)OCC(=O)NCc2ccco2)ccc1OCC(C)C. The largest absolute Gasteiger partial charge is 0.490 e. The van der Waals surface area contributed by atoms with Gasteiger partial charge in [-0.05, 0) is 43.2 Å². The summed E-state index contributed by atoms with van der Waals surface area (Å²) >= 11 is 0. The third kappa shape index (κ3) is 6.69. The van der Waals surface area contributed by atoms with E-state index >= 15 is 0 Å². The van der Waals surface area contributed by atoms with Crippen molar-refractivity contribution in [2.24, 2.45) is 5.92 Å². The van der Waals surface area contributed by atoms with E-state index in [1.165, 1.54) is 6.26 Å². The standard InChI is InChI=1S/C20H25NO6/c1-4-24-18-10-15(7-8-17(18)26-12-14(2)3)20(23)27-13-19(22)21-11-16-6-5-9-25-16/h5-10,14H,4,11-13H2,1-3H3,(H,21,22). The molecule has 0 radical (unpaired) electrons. The highest BCUT2D eigenvalue weighted by atomic mass is 16.5. The molecule has 0 unspecified atom stereocenters. The van der Waals surface area contributed by atoms with Crippen molar-refractivity contribution in [2.45, 2.75) is 27.3 Å². The molecule has 27 heavy (non-hydrogen) atoms. The zero-order valence-corrected chi connectivity index (χ0v) is 15.8. The van der Waals surface area contributed by atoms with Gasteiger partial charge in [-0.25, -0.2) is 4.79 Å². The summed E-state index contributed by atoms with van der Waals surface area (Å²) < 4.78 is 21.4. The number of carbonyl (C=O) groups excluding carboxylic acids is 2. The van der Waals surface area contributed by atoms with Gasteiger partial charge < -0.3 is 23.9 Å². The maximum Gasteiger partial charge on any atom is 0.338 e. The van der Waals surface area contributed by atoms with Crippen LogP contribution in [0.3, 0.4) is 0 Å². The molecule has 1 aromatic carbocycles. The van der Waals surface area contributed by atoms with E-state index < -0.39 is 11.9 Å². The van der Waals surface area contributed by atoms with Gasteiger partial charge in [0.25, 0.3) is 5.91 Å². The van der Waals surface area contributed by atoms with Gasteiger partial charge in [0.05, 0.1) is 31.6 Å². The highest BCUT2D eigenvalue weighted by Crippen LogP contribution is 2.29. The van der Waals surface area contributed by atoms with Crippen molar-refractivity contribution in [1.82, 2.24) is 5.32 Å². The van der Waals surface area contributed by atoms with Gasteiger partial charge in [-0.3, -0.25) is 4.79 Å². The lowest BCUT2D eigenvalue weighted by Gasteiger charge is -2.14. The number of benzene rings is 1. The molecule has 0 aliphatic heterocycles. The van der Waals surface area contributed by atoms with Gasteiger partial charge in [-0.1, -0.05) is 13.8 Å². The Bertz CT molecular complexity index is 739. The van der Waals surface area contributed by atoms with E-state index in [1.807, 2.05) is 20.8 Å². The molecule has 0 saturated heterocycles. The number of amides is 1. The average Bonchev–Trinajstić information content (AvgIpc) is 3.17. The second-order valence-corrected chi connectivity index (χ2v) is 6.23. The topological polar surface area (TPSA) is 87.0 Å². The molecular weight excluding hydrogens is 350 g/mol. The molecule has 0 fully saturated rings. The number of rotatable bonds is 10. The van der Waals surface area contributed by atoms with E-state index in [-0.39, 0.29) is 18.7 Å². The van der Waals surface area contributed by atoms with E-state index in [0.717, 1.165) is 0 Å². The van der Waals surface area contributed by atoms with Crippen LogP contribution in [-0.4, -0.2) is 31.7 Å². The number of hydrogen-bond donors (Lipinski definition) is 1. The van der Waals surface area contributed by atoms with E-state index in [2.05, 4.69) is 5.32 Å². The number of nitrogens with one attached hydrogen (secondary N) is 1. The molecule has 0 atom stereocenters. The normalized spacial score (nSPS) is 10.5. The van der Waals surface area contributed by atoms with Crippen LogP contribution in [0.15, 0.2) is 41.0 Å². The van der Waals surface area contributed by atoms with Crippen LogP contribution in [0.2, 0.25) is 0 Å². The first kappa shape index (κ1) is 20.4. The van der Waals surface area contributed by atoms with Crippen LogP contribution in [0.1, 0.15) is 36.9 Å². The van der Waals surface area contributed by atoms with Crippen LogP contribution in [0.25, 0.3) is 0 Å². The Labute approximate surface area is 158 Å². The average molecular weight is 375 g/mol. The van der Waals surface area contributed by atoms with Crippen molar-refractivity contribution in [1.29, 1.82) is 0 Å². The lowest BCUT2D eigenvalue weighted by atomic mass is 10.2. The number of furan rings is 1. The Morgan fingerprint density at radius 3 is 2.63 bits per heavy atom. The first-order chi connectivity index (χ1) is 13.0. The van der Waals surface area contributed by atoms with E-state index in [0.29, 0.717) is 36.4 Å².